The molecular weight excluding hydrogens is 438 g/mol. The van der Waals surface area contributed by atoms with Crippen molar-refractivity contribution < 1.29 is 23.4 Å². The van der Waals surface area contributed by atoms with Crippen LogP contribution in [0.25, 0.3) is 22.2 Å². The summed E-state index contributed by atoms with van der Waals surface area (Å²) in [6.07, 6.45) is 0.594. The summed E-state index contributed by atoms with van der Waals surface area (Å²) in [5.41, 5.74) is 3.08. The van der Waals surface area contributed by atoms with Crippen LogP contribution in [-0.4, -0.2) is 26.2 Å². The van der Waals surface area contributed by atoms with Crippen molar-refractivity contribution in [2.75, 3.05) is 0 Å². The molecule has 4 aromatic rings. The van der Waals surface area contributed by atoms with Gasteiger partial charge in [-0.15, -0.1) is 0 Å². The molecule has 0 bridgehead atoms. The minimum atomic E-state index is -1.22. The monoisotopic (exact) mass is 464 g/mol. The maximum atomic E-state index is 13.8. The molecule has 0 saturated carbocycles. The van der Waals surface area contributed by atoms with E-state index in [0.717, 1.165) is 28.6 Å². The largest absolute Gasteiger partial charge is 0.479 e. The van der Waals surface area contributed by atoms with Crippen LogP contribution < -0.4 is 0 Å². The van der Waals surface area contributed by atoms with Crippen molar-refractivity contribution in [3.05, 3.63) is 89.2 Å². The predicted molar refractivity (Wildman–Crippen MR) is 127 cm³/mol. The zero-order chi connectivity index (χ0) is 24.6. The first-order valence-electron chi connectivity index (χ1n) is 10.9. The Kier molecular flexibility index (Phi) is 6.23. The maximum Gasteiger partial charge on any atom is 0.337 e. The van der Waals surface area contributed by atoms with Crippen LogP contribution in [0.5, 0.6) is 0 Å². The lowest BCUT2D eigenvalue weighted by molar-refractivity contribution is -0.160. The summed E-state index contributed by atoms with van der Waals surface area (Å²) in [5.74, 6) is -2.91. The van der Waals surface area contributed by atoms with Gasteiger partial charge in [-0.1, -0.05) is 36.4 Å². The second-order valence-electron chi connectivity index (χ2n) is 9.23. The number of aromatic nitrogens is 2. The molecule has 0 aliphatic rings. The molecule has 0 aliphatic heterocycles. The molecule has 7 heteroatoms. The lowest BCUT2D eigenvalue weighted by Gasteiger charge is -2.28. The van der Waals surface area contributed by atoms with Crippen molar-refractivity contribution in [2.24, 2.45) is 0 Å². The Morgan fingerprint density at radius 2 is 1.79 bits per heavy atom. The fourth-order valence-corrected chi connectivity index (χ4v) is 4.11. The highest BCUT2D eigenvalue weighted by atomic mass is 19.2. The number of carbonyl (C=O) groups is 1. The van der Waals surface area contributed by atoms with E-state index in [1.165, 1.54) is 6.07 Å². The second kappa shape index (κ2) is 8.99. The summed E-state index contributed by atoms with van der Waals surface area (Å²) in [4.78, 5) is 17.1. The van der Waals surface area contributed by atoms with Gasteiger partial charge in [-0.05, 0) is 57.0 Å². The Labute approximate surface area is 196 Å². The van der Waals surface area contributed by atoms with Gasteiger partial charge in [0, 0.05) is 34.9 Å². The number of halogens is 2. The number of nitrogens with zero attached hydrogens (tertiary/aromatic N) is 2. The number of ether oxygens (including phenoxy) is 1. The van der Waals surface area contributed by atoms with Crippen LogP contribution in [0.2, 0.25) is 0 Å². The van der Waals surface area contributed by atoms with Gasteiger partial charge in [0.15, 0.2) is 17.7 Å². The van der Waals surface area contributed by atoms with Crippen molar-refractivity contribution in [3.8, 4) is 11.1 Å². The molecule has 1 N–H and O–H groups in total. The number of benzene rings is 2. The molecule has 0 fully saturated rings. The van der Waals surface area contributed by atoms with E-state index < -0.39 is 29.3 Å². The Balaban J connectivity index is 1.94. The molecular formula is C27H26F2N2O3. The SMILES string of the molecule is Cc1nc2c(ccn2Cc2ccc(F)c(F)c2)c(-c2ccccc2)c1[C@H](OC(C)(C)C)C(=O)O. The average Bonchev–Trinajstić information content (AvgIpc) is 3.15. The van der Waals surface area contributed by atoms with Gasteiger partial charge >= 0.3 is 5.97 Å². The van der Waals surface area contributed by atoms with Crippen molar-refractivity contribution in [1.82, 2.24) is 9.55 Å². The normalized spacial score (nSPS) is 12.8. The molecule has 2 heterocycles. The van der Waals surface area contributed by atoms with E-state index in [1.54, 1.807) is 6.92 Å². The van der Waals surface area contributed by atoms with Gasteiger partial charge in [-0.2, -0.15) is 0 Å². The van der Waals surface area contributed by atoms with Crippen LogP contribution >= 0.6 is 0 Å². The highest BCUT2D eigenvalue weighted by Crippen LogP contribution is 2.39. The molecule has 0 unspecified atom stereocenters. The molecule has 176 valence electrons. The van der Waals surface area contributed by atoms with Crippen LogP contribution in [0.15, 0.2) is 60.8 Å². The smallest absolute Gasteiger partial charge is 0.337 e. The Morgan fingerprint density at radius 3 is 2.41 bits per heavy atom. The van der Waals surface area contributed by atoms with E-state index >= 15 is 0 Å². The lowest BCUT2D eigenvalue weighted by atomic mass is 9.92. The fraction of sp³-hybridized carbons (Fsp3) is 0.259. The summed E-state index contributed by atoms with van der Waals surface area (Å²) in [7, 11) is 0. The number of rotatable bonds is 6. The molecule has 0 spiro atoms. The van der Waals surface area contributed by atoms with Crippen LogP contribution in [0.3, 0.4) is 0 Å². The molecule has 4 rings (SSSR count). The number of carboxylic acid groups (broad SMARTS) is 1. The Bertz CT molecular complexity index is 1360. The molecule has 0 aliphatic carbocycles. The van der Waals surface area contributed by atoms with Crippen LogP contribution in [0.1, 0.15) is 43.7 Å². The summed E-state index contributed by atoms with van der Waals surface area (Å²) in [5, 5.41) is 10.8. The van der Waals surface area contributed by atoms with Crippen LogP contribution in [-0.2, 0) is 16.1 Å². The van der Waals surface area contributed by atoms with Crippen molar-refractivity contribution >= 4 is 17.0 Å². The summed E-state index contributed by atoms with van der Waals surface area (Å²) < 4.78 is 34.9. The van der Waals surface area contributed by atoms with Crippen molar-refractivity contribution in [1.29, 1.82) is 0 Å². The quantitative estimate of drug-likeness (QED) is 0.365. The Hall–Kier alpha value is -3.58. The van der Waals surface area contributed by atoms with E-state index in [0.29, 0.717) is 22.5 Å². The molecule has 2 aromatic heterocycles. The Morgan fingerprint density at radius 1 is 1.09 bits per heavy atom. The molecule has 0 amide bonds. The number of fused-ring (bicyclic) bond motifs is 1. The van der Waals surface area contributed by atoms with E-state index in [1.807, 2.05) is 67.9 Å². The van der Waals surface area contributed by atoms with Crippen LogP contribution in [0, 0.1) is 18.6 Å². The van der Waals surface area contributed by atoms with E-state index in [2.05, 4.69) is 0 Å². The third kappa shape index (κ3) is 4.70. The van der Waals surface area contributed by atoms with Gasteiger partial charge < -0.3 is 14.4 Å². The molecule has 2 aromatic carbocycles. The van der Waals surface area contributed by atoms with E-state index in [-0.39, 0.29) is 6.54 Å². The van der Waals surface area contributed by atoms with Crippen molar-refractivity contribution in [2.45, 2.75) is 45.9 Å². The predicted octanol–water partition coefficient (Wildman–Crippen LogP) is 6.28. The van der Waals surface area contributed by atoms with Crippen molar-refractivity contribution in [3.63, 3.8) is 0 Å². The first-order chi connectivity index (χ1) is 16.0. The molecule has 1 atom stereocenters. The topological polar surface area (TPSA) is 64.4 Å². The first-order valence-corrected chi connectivity index (χ1v) is 10.9. The third-order valence-corrected chi connectivity index (χ3v) is 5.49. The number of hydrogen-bond donors (Lipinski definition) is 1. The summed E-state index contributed by atoms with van der Waals surface area (Å²) >= 11 is 0. The fourth-order valence-electron chi connectivity index (χ4n) is 4.11. The zero-order valence-electron chi connectivity index (χ0n) is 19.5. The number of carboxylic acids is 1. The summed E-state index contributed by atoms with van der Waals surface area (Å²) in [6.45, 7) is 7.47. The second-order valence-corrected chi connectivity index (χ2v) is 9.23. The maximum absolute atomic E-state index is 13.8. The molecule has 34 heavy (non-hydrogen) atoms. The lowest BCUT2D eigenvalue weighted by Crippen LogP contribution is -2.28. The summed E-state index contributed by atoms with van der Waals surface area (Å²) in [6, 6.07) is 15.2. The van der Waals surface area contributed by atoms with E-state index in [9.17, 15) is 18.7 Å². The first kappa shape index (κ1) is 23.6. The average molecular weight is 465 g/mol. The van der Waals surface area contributed by atoms with Gasteiger partial charge in [0.2, 0.25) is 0 Å². The van der Waals surface area contributed by atoms with Gasteiger partial charge in [-0.25, -0.2) is 18.6 Å². The van der Waals surface area contributed by atoms with Crippen LogP contribution in [0.4, 0.5) is 8.78 Å². The molecule has 0 saturated heterocycles. The minimum Gasteiger partial charge on any atom is -0.479 e. The van der Waals surface area contributed by atoms with Gasteiger partial charge in [0.25, 0.3) is 0 Å². The number of aryl methyl sites for hydroxylation is 1. The minimum absolute atomic E-state index is 0.279. The van der Waals surface area contributed by atoms with Gasteiger partial charge in [0.1, 0.15) is 5.65 Å². The number of hydrogen-bond acceptors (Lipinski definition) is 3. The highest BCUT2D eigenvalue weighted by molar-refractivity contribution is 5.97. The standard InChI is InChI=1S/C27H26F2N2O3/c1-16-22(24(26(32)33)34-27(2,3)4)23(18-8-6-5-7-9-18)19-12-13-31(25(19)30-16)15-17-10-11-20(28)21(29)14-17/h5-14,24H,15H2,1-4H3,(H,32,33)/t24-/m0/s1. The molecule has 0 radical (unpaired) electrons. The van der Waals surface area contributed by atoms with E-state index in [4.69, 9.17) is 9.72 Å². The number of pyridine rings is 1. The number of aliphatic carboxylic acids is 1. The van der Waals surface area contributed by atoms with Gasteiger partial charge in [-0.3, -0.25) is 0 Å². The van der Waals surface area contributed by atoms with Gasteiger partial charge in [0.05, 0.1) is 5.60 Å². The highest BCUT2D eigenvalue weighted by Gasteiger charge is 2.32. The molecule has 5 nitrogen and oxygen atoms in total. The third-order valence-electron chi connectivity index (χ3n) is 5.49. The zero-order valence-corrected chi connectivity index (χ0v) is 19.5.